The molecule has 0 aliphatic carbocycles. The van der Waals surface area contributed by atoms with Crippen molar-refractivity contribution in [3.63, 3.8) is 0 Å². The number of hydrazone groups is 1. The summed E-state index contributed by atoms with van der Waals surface area (Å²) in [7, 11) is 0. The molecule has 0 fully saturated rings. The largest absolute Gasteiger partial charge is 0.489 e. The first-order valence-electron chi connectivity index (χ1n) is 6.51. The molecular weight excluding hydrogens is 282 g/mol. The van der Waals surface area contributed by atoms with Gasteiger partial charge >= 0.3 is 0 Å². The summed E-state index contributed by atoms with van der Waals surface area (Å²) in [5, 5.41) is 4.09. The van der Waals surface area contributed by atoms with Crippen LogP contribution in [0.5, 0.6) is 5.75 Å². The third kappa shape index (κ3) is 4.89. The highest BCUT2D eigenvalue weighted by atomic mass is 32.1. The molecule has 21 heavy (non-hydrogen) atoms. The molecule has 4 nitrogen and oxygen atoms in total. The molecule has 2 aromatic carbocycles. The SMILES string of the molecule is Cc1cc(OCc2ccccc2)ccc1C=NNC(N)=S. The third-order valence-corrected chi connectivity index (χ3v) is 2.96. The Morgan fingerprint density at radius 3 is 2.71 bits per heavy atom. The first kappa shape index (κ1) is 15.0. The van der Waals surface area contributed by atoms with Crippen LogP contribution in [0.1, 0.15) is 16.7 Å². The topological polar surface area (TPSA) is 59.6 Å². The van der Waals surface area contributed by atoms with Crippen molar-refractivity contribution in [2.24, 2.45) is 10.8 Å². The zero-order valence-corrected chi connectivity index (χ0v) is 12.6. The lowest BCUT2D eigenvalue weighted by atomic mass is 10.1. The first-order valence-corrected chi connectivity index (χ1v) is 6.92. The Balaban J connectivity index is 1.98. The number of ether oxygens (including phenoxy) is 1. The van der Waals surface area contributed by atoms with Gasteiger partial charge in [-0.3, -0.25) is 5.43 Å². The summed E-state index contributed by atoms with van der Waals surface area (Å²) in [5.74, 6) is 0.829. The second-order valence-corrected chi connectivity index (χ2v) is 4.97. The van der Waals surface area contributed by atoms with E-state index in [1.165, 1.54) is 0 Å². The Hall–Kier alpha value is -2.40. The molecule has 2 aromatic rings. The van der Waals surface area contributed by atoms with E-state index in [0.717, 1.165) is 22.4 Å². The van der Waals surface area contributed by atoms with Crippen molar-refractivity contribution in [3.8, 4) is 5.75 Å². The highest BCUT2D eigenvalue weighted by Gasteiger charge is 2.00. The molecule has 0 aromatic heterocycles. The van der Waals surface area contributed by atoms with E-state index < -0.39 is 0 Å². The van der Waals surface area contributed by atoms with Gasteiger partial charge in [-0.25, -0.2) is 0 Å². The van der Waals surface area contributed by atoms with Crippen molar-refractivity contribution >= 4 is 23.5 Å². The number of nitrogens with zero attached hydrogens (tertiary/aromatic N) is 1. The molecule has 0 saturated heterocycles. The Morgan fingerprint density at radius 1 is 1.29 bits per heavy atom. The van der Waals surface area contributed by atoms with Gasteiger partial charge in [0, 0.05) is 0 Å². The molecule has 108 valence electrons. The van der Waals surface area contributed by atoms with E-state index in [-0.39, 0.29) is 5.11 Å². The van der Waals surface area contributed by atoms with Gasteiger partial charge in [-0.2, -0.15) is 5.10 Å². The molecule has 0 bridgehead atoms. The molecule has 0 radical (unpaired) electrons. The van der Waals surface area contributed by atoms with E-state index >= 15 is 0 Å². The highest BCUT2D eigenvalue weighted by molar-refractivity contribution is 7.80. The highest BCUT2D eigenvalue weighted by Crippen LogP contribution is 2.17. The van der Waals surface area contributed by atoms with Crippen LogP contribution in [-0.2, 0) is 6.61 Å². The molecule has 0 atom stereocenters. The minimum Gasteiger partial charge on any atom is -0.489 e. The van der Waals surface area contributed by atoms with Gasteiger partial charge in [0.25, 0.3) is 0 Å². The van der Waals surface area contributed by atoms with Crippen LogP contribution in [0.3, 0.4) is 0 Å². The van der Waals surface area contributed by atoms with Gasteiger partial charge in [0.1, 0.15) is 12.4 Å². The summed E-state index contributed by atoms with van der Waals surface area (Å²) in [6.45, 7) is 2.55. The van der Waals surface area contributed by atoms with Gasteiger partial charge in [-0.05, 0) is 54.0 Å². The average molecular weight is 299 g/mol. The Labute approximate surface area is 129 Å². The summed E-state index contributed by atoms with van der Waals surface area (Å²) in [6, 6.07) is 15.9. The second-order valence-electron chi connectivity index (χ2n) is 4.53. The third-order valence-electron chi connectivity index (χ3n) is 2.87. The van der Waals surface area contributed by atoms with E-state index in [2.05, 4.69) is 22.7 Å². The molecule has 0 aliphatic heterocycles. The molecular formula is C16H17N3OS. The molecule has 0 aliphatic rings. The van der Waals surface area contributed by atoms with Crippen LogP contribution < -0.4 is 15.9 Å². The minimum atomic E-state index is 0.145. The van der Waals surface area contributed by atoms with Crippen molar-refractivity contribution < 1.29 is 4.74 Å². The molecule has 0 saturated carbocycles. The number of hydrogen-bond acceptors (Lipinski definition) is 3. The molecule has 3 N–H and O–H groups in total. The van der Waals surface area contributed by atoms with Crippen molar-refractivity contribution in [2.45, 2.75) is 13.5 Å². The first-order chi connectivity index (χ1) is 10.1. The lowest BCUT2D eigenvalue weighted by molar-refractivity contribution is 0.306. The maximum absolute atomic E-state index is 5.77. The van der Waals surface area contributed by atoms with E-state index in [1.54, 1.807) is 6.21 Å². The number of benzene rings is 2. The van der Waals surface area contributed by atoms with Gasteiger partial charge in [0.15, 0.2) is 5.11 Å². The zero-order valence-electron chi connectivity index (χ0n) is 11.7. The number of thiocarbonyl (C=S) groups is 1. The van der Waals surface area contributed by atoms with Gasteiger partial charge in [0.2, 0.25) is 0 Å². The smallest absolute Gasteiger partial charge is 0.184 e. The fourth-order valence-corrected chi connectivity index (χ4v) is 1.84. The normalized spacial score (nSPS) is 10.5. The van der Waals surface area contributed by atoms with Gasteiger partial charge < -0.3 is 10.5 Å². The molecule has 0 amide bonds. The van der Waals surface area contributed by atoms with Crippen molar-refractivity contribution in [1.82, 2.24) is 5.43 Å². The fraction of sp³-hybridized carbons (Fsp3) is 0.125. The molecule has 0 heterocycles. The monoisotopic (exact) mass is 299 g/mol. The van der Waals surface area contributed by atoms with E-state index in [9.17, 15) is 0 Å². The van der Waals surface area contributed by atoms with E-state index in [0.29, 0.717) is 6.61 Å². The Bertz CT molecular complexity index is 641. The number of nitrogens with one attached hydrogen (secondary N) is 1. The van der Waals surface area contributed by atoms with Gasteiger partial charge in [-0.1, -0.05) is 30.3 Å². The Morgan fingerprint density at radius 2 is 2.05 bits per heavy atom. The van der Waals surface area contributed by atoms with Crippen LogP contribution in [-0.4, -0.2) is 11.3 Å². The average Bonchev–Trinajstić information content (AvgIpc) is 2.48. The summed E-state index contributed by atoms with van der Waals surface area (Å²) >= 11 is 4.68. The minimum absolute atomic E-state index is 0.145. The standard InChI is InChI=1S/C16H17N3OS/c1-12-9-15(20-11-13-5-3-2-4-6-13)8-7-14(12)10-18-19-16(17)21/h2-10H,11H2,1H3,(H3,17,19,21). The predicted molar refractivity (Wildman–Crippen MR) is 89.5 cm³/mol. The van der Waals surface area contributed by atoms with Crippen molar-refractivity contribution in [3.05, 3.63) is 65.2 Å². The summed E-state index contributed by atoms with van der Waals surface area (Å²) in [4.78, 5) is 0. The molecule has 0 spiro atoms. The van der Waals surface area contributed by atoms with Crippen molar-refractivity contribution in [2.75, 3.05) is 0 Å². The molecule has 2 rings (SSSR count). The molecule has 5 heteroatoms. The van der Waals surface area contributed by atoms with Crippen LogP contribution in [0.25, 0.3) is 0 Å². The number of rotatable bonds is 5. The van der Waals surface area contributed by atoms with E-state index in [4.69, 9.17) is 10.5 Å². The maximum atomic E-state index is 5.77. The molecule has 0 unspecified atom stereocenters. The Kier molecular flexibility index (Phi) is 5.29. The number of hydrogen-bond donors (Lipinski definition) is 2. The van der Waals surface area contributed by atoms with Crippen LogP contribution in [0, 0.1) is 6.92 Å². The van der Waals surface area contributed by atoms with Crippen LogP contribution in [0.2, 0.25) is 0 Å². The summed E-state index contributed by atoms with van der Waals surface area (Å²) in [5.41, 5.74) is 11.0. The van der Waals surface area contributed by atoms with Crippen LogP contribution >= 0.6 is 12.2 Å². The van der Waals surface area contributed by atoms with Crippen LogP contribution in [0.4, 0.5) is 0 Å². The van der Waals surface area contributed by atoms with Gasteiger partial charge in [0.05, 0.1) is 6.21 Å². The van der Waals surface area contributed by atoms with Gasteiger partial charge in [-0.15, -0.1) is 0 Å². The van der Waals surface area contributed by atoms with Crippen LogP contribution in [0.15, 0.2) is 53.6 Å². The fourth-order valence-electron chi connectivity index (χ4n) is 1.79. The van der Waals surface area contributed by atoms with Crippen molar-refractivity contribution in [1.29, 1.82) is 0 Å². The predicted octanol–water partition coefficient (Wildman–Crippen LogP) is 2.74. The lowest BCUT2D eigenvalue weighted by Gasteiger charge is -2.08. The zero-order chi connectivity index (χ0) is 15.1. The number of aryl methyl sites for hydroxylation is 1. The lowest BCUT2D eigenvalue weighted by Crippen LogP contribution is -2.24. The second kappa shape index (κ2) is 7.40. The van der Waals surface area contributed by atoms with E-state index in [1.807, 2.05) is 55.5 Å². The summed E-state index contributed by atoms with van der Waals surface area (Å²) in [6.07, 6.45) is 1.68. The summed E-state index contributed by atoms with van der Waals surface area (Å²) < 4.78 is 5.77. The number of nitrogens with two attached hydrogens (primary N) is 1. The maximum Gasteiger partial charge on any atom is 0.184 e. The quantitative estimate of drug-likeness (QED) is 0.506.